The number of amides is 1. The minimum absolute atomic E-state index is 0.163. The maximum Gasteiger partial charge on any atom is 0.265 e. The van der Waals surface area contributed by atoms with Crippen LogP contribution in [0.3, 0.4) is 0 Å². The fourth-order valence-electron chi connectivity index (χ4n) is 1.54. The van der Waals surface area contributed by atoms with Gasteiger partial charge in [-0.3, -0.25) is 4.79 Å². The van der Waals surface area contributed by atoms with Crippen LogP contribution in [0.15, 0.2) is 15.9 Å². The van der Waals surface area contributed by atoms with E-state index in [0.29, 0.717) is 11.4 Å². The third-order valence-electron chi connectivity index (χ3n) is 2.52. The Kier molecular flexibility index (Phi) is 5.00. The summed E-state index contributed by atoms with van der Waals surface area (Å²) in [6.45, 7) is 0.584. The predicted octanol–water partition coefficient (Wildman–Crippen LogP) is 2.59. The first-order chi connectivity index (χ1) is 9.47. The number of nitrogens with one attached hydrogen (secondary N) is 1. The van der Waals surface area contributed by atoms with Crippen LogP contribution in [0.1, 0.15) is 14.5 Å². The van der Waals surface area contributed by atoms with Crippen LogP contribution in [0.25, 0.3) is 0 Å². The molecule has 0 saturated heterocycles. The van der Waals surface area contributed by atoms with E-state index in [-0.39, 0.29) is 11.7 Å². The molecule has 0 spiro atoms. The van der Waals surface area contributed by atoms with Crippen LogP contribution in [0.4, 0.5) is 10.9 Å². The highest BCUT2D eigenvalue weighted by atomic mass is 79.9. The quantitative estimate of drug-likeness (QED) is 0.843. The minimum Gasteiger partial charge on any atom is -0.382 e. The number of thiophene rings is 1. The highest BCUT2D eigenvalue weighted by molar-refractivity contribution is 9.11. The van der Waals surface area contributed by atoms with Crippen molar-refractivity contribution in [1.82, 2.24) is 10.3 Å². The zero-order valence-electron chi connectivity index (χ0n) is 11.1. The number of hydrogen-bond acceptors (Lipinski definition) is 6. The van der Waals surface area contributed by atoms with Crippen molar-refractivity contribution in [2.45, 2.75) is 6.42 Å². The summed E-state index contributed by atoms with van der Waals surface area (Å²) in [6.07, 6.45) is 0.807. The number of nitrogen functional groups attached to an aromatic ring is 1. The zero-order chi connectivity index (χ0) is 14.7. The van der Waals surface area contributed by atoms with Gasteiger partial charge in [-0.25, -0.2) is 4.98 Å². The van der Waals surface area contributed by atoms with Gasteiger partial charge in [-0.15, -0.1) is 11.3 Å². The van der Waals surface area contributed by atoms with Crippen molar-refractivity contribution in [2.24, 2.45) is 0 Å². The Balaban J connectivity index is 1.91. The van der Waals surface area contributed by atoms with E-state index in [0.717, 1.165) is 15.3 Å². The van der Waals surface area contributed by atoms with Crippen molar-refractivity contribution in [1.29, 1.82) is 0 Å². The van der Waals surface area contributed by atoms with E-state index in [9.17, 15) is 4.79 Å². The van der Waals surface area contributed by atoms with Crippen molar-refractivity contribution in [2.75, 3.05) is 31.3 Å². The van der Waals surface area contributed by atoms with E-state index < -0.39 is 0 Å². The van der Waals surface area contributed by atoms with Gasteiger partial charge in [0.15, 0.2) is 5.13 Å². The Morgan fingerprint density at radius 2 is 2.20 bits per heavy atom. The molecule has 0 aliphatic rings. The average molecular weight is 375 g/mol. The number of hydrogen-bond donors (Lipinski definition) is 2. The molecule has 2 aromatic heterocycles. The predicted molar refractivity (Wildman–Crippen MR) is 88.9 cm³/mol. The summed E-state index contributed by atoms with van der Waals surface area (Å²) >= 11 is 6.39. The van der Waals surface area contributed by atoms with Gasteiger partial charge in [0.1, 0.15) is 10.7 Å². The summed E-state index contributed by atoms with van der Waals surface area (Å²) in [5.74, 6) is 0.124. The van der Waals surface area contributed by atoms with Gasteiger partial charge in [0.05, 0.1) is 3.79 Å². The lowest BCUT2D eigenvalue weighted by atomic mass is 10.3. The van der Waals surface area contributed by atoms with Crippen LogP contribution in [-0.4, -0.2) is 31.5 Å². The zero-order valence-corrected chi connectivity index (χ0v) is 14.4. The number of thiazole rings is 1. The Morgan fingerprint density at radius 1 is 1.45 bits per heavy atom. The molecule has 0 aromatic carbocycles. The van der Waals surface area contributed by atoms with Crippen molar-refractivity contribution < 1.29 is 4.79 Å². The molecule has 0 radical (unpaired) electrons. The lowest BCUT2D eigenvalue weighted by Gasteiger charge is -2.05. The summed E-state index contributed by atoms with van der Waals surface area (Å²) in [5, 5.41) is 3.61. The standard InChI is InChI=1S/C12H15BrN4OS2/c1-17(2)12-16-10(14)9(20-12)11(18)15-6-5-7-3-4-8(13)19-7/h3-4H,5-6,14H2,1-2H3,(H,15,18). The normalized spacial score (nSPS) is 10.6. The largest absolute Gasteiger partial charge is 0.382 e. The van der Waals surface area contributed by atoms with Crippen LogP contribution in [0.5, 0.6) is 0 Å². The first-order valence-electron chi connectivity index (χ1n) is 5.93. The summed E-state index contributed by atoms with van der Waals surface area (Å²) in [7, 11) is 3.74. The van der Waals surface area contributed by atoms with E-state index in [1.165, 1.54) is 16.2 Å². The number of carbonyl (C=O) groups is 1. The maximum absolute atomic E-state index is 12.1. The third-order valence-corrected chi connectivity index (χ3v) is 5.44. The molecule has 108 valence electrons. The SMILES string of the molecule is CN(C)c1nc(N)c(C(=O)NCCc2ccc(Br)s2)s1. The number of rotatable bonds is 5. The van der Waals surface area contributed by atoms with Crippen LogP contribution in [0.2, 0.25) is 0 Å². The number of carbonyl (C=O) groups excluding carboxylic acids is 1. The highest BCUT2D eigenvalue weighted by Crippen LogP contribution is 2.26. The molecular weight excluding hydrogens is 360 g/mol. The molecule has 2 heterocycles. The lowest BCUT2D eigenvalue weighted by Crippen LogP contribution is -2.25. The van der Waals surface area contributed by atoms with Crippen molar-refractivity contribution in [3.63, 3.8) is 0 Å². The maximum atomic E-state index is 12.1. The van der Waals surface area contributed by atoms with Crippen molar-refractivity contribution >= 4 is 55.5 Å². The molecular formula is C12H15BrN4OS2. The van der Waals surface area contributed by atoms with Gasteiger partial charge in [0.2, 0.25) is 0 Å². The molecule has 1 amide bonds. The Labute approximate surface area is 133 Å². The monoisotopic (exact) mass is 374 g/mol. The van der Waals surface area contributed by atoms with E-state index in [4.69, 9.17) is 5.73 Å². The van der Waals surface area contributed by atoms with E-state index in [1.807, 2.05) is 31.1 Å². The molecule has 5 nitrogen and oxygen atoms in total. The minimum atomic E-state index is -0.163. The van der Waals surface area contributed by atoms with E-state index in [1.54, 1.807) is 11.3 Å². The fourth-order valence-corrected chi connectivity index (χ4v) is 3.85. The van der Waals surface area contributed by atoms with Crippen LogP contribution >= 0.6 is 38.6 Å². The molecule has 0 unspecified atom stereocenters. The topological polar surface area (TPSA) is 71.2 Å². The number of aromatic nitrogens is 1. The van der Waals surface area contributed by atoms with Gasteiger partial charge in [-0.05, 0) is 34.5 Å². The molecule has 3 N–H and O–H groups in total. The van der Waals surface area contributed by atoms with Gasteiger partial charge in [-0.2, -0.15) is 0 Å². The smallest absolute Gasteiger partial charge is 0.265 e. The Bertz CT molecular complexity index is 608. The summed E-state index contributed by atoms with van der Waals surface area (Å²) in [6, 6.07) is 4.05. The van der Waals surface area contributed by atoms with Gasteiger partial charge in [0, 0.05) is 25.5 Å². The van der Waals surface area contributed by atoms with E-state index >= 15 is 0 Å². The first-order valence-corrected chi connectivity index (χ1v) is 8.36. The second-order valence-corrected chi connectivity index (χ2v) is 7.84. The molecule has 0 aliphatic heterocycles. The van der Waals surface area contributed by atoms with Crippen molar-refractivity contribution in [3.05, 3.63) is 25.7 Å². The molecule has 20 heavy (non-hydrogen) atoms. The number of nitrogens with two attached hydrogens (primary N) is 1. The summed E-state index contributed by atoms with van der Waals surface area (Å²) in [4.78, 5) is 19.7. The van der Waals surface area contributed by atoms with Crippen LogP contribution < -0.4 is 16.0 Å². The van der Waals surface area contributed by atoms with Crippen LogP contribution in [0, 0.1) is 0 Å². The molecule has 8 heteroatoms. The average Bonchev–Trinajstić information content (AvgIpc) is 2.95. The van der Waals surface area contributed by atoms with Crippen LogP contribution in [-0.2, 0) is 6.42 Å². The molecule has 0 aliphatic carbocycles. The fraction of sp³-hybridized carbons (Fsp3) is 0.333. The summed E-state index contributed by atoms with van der Waals surface area (Å²) in [5.41, 5.74) is 5.77. The van der Waals surface area contributed by atoms with E-state index in [2.05, 4.69) is 26.2 Å². The lowest BCUT2D eigenvalue weighted by molar-refractivity contribution is 0.0959. The third kappa shape index (κ3) is 3.71. The van der Waals surface area contributed by atoms with Crippen molar-refractivity contribution in [3.8, 4) is 0 Å². The number of nitrogens with zero attached hydrogens (tertiary/aromatic N) is 2. The highest BCUT2D eigenvalue weighted by Gasteiger charge is 2.16. The second kappa shape index (κ2) is 6.55. The Morgan fingerprint density at radius 3 is 2.75 bits per heavy atom. The number of halogens is 1. The van der Waals surface area contributed by atoms with Gasteiger partial charge in [0.25, 0.3) is 5.91 Å². The van der Waals surface area contributed by atoms with Gasteiger partial charge in [-0.1, -0.05) is 11.3 Å². The second-order valence-electron chi connectivity index (χ2n) is 4.32. The molecule has 2 rings (SSSR count). The molecule has 0 bridgehead atoms. The van der Waals surface area contributed by atoms with Gasteiger partial charge >= 0.3 is 0 Å². The van der Waals surface area contributed by atoms with Gasteiger partial charge < -0.3 is 16.0 Å². The molecule has 0 atom stereocenters. The molecule has 2 aromatic rings. The number of anilines is 2. The first kappa shape index (κ1) is 15.3. The summed E-state index contributed by atoms with van der Waals surface area (Å²) < 4.78 is 1.10. The molecule has 0 saturated carbocycles. The molecule has 0 fully saturated rings. The Hall–Kier alpha value is -1.12.